The van der Waals surface area contributed by atoms with E-state index in [2.05, 4.69) is 27.9 Å². The van der Waals surface area contributed by atoms with Gasteiger partial charge in [-0.3, -0.25) is 9.78 Å². The molecule has 0 unspecified atom stereocenters. The minimum atomic E-state index is -0.296. The summed E-state index contributed by atoms with van der Waals surface area (Å²) in [5.74, 6) is -0.167. The molecule has 1 heterocycles. The monoisotopic (exact) mass is 436 g/mol. The van der Waals surface area contributed by atoms with Gasteiger partial charge < -0.3 is 16.0 Å². The van der Waals surface area contributed by atoms with Crippen molar-refractivity contribution in [3.05, 3.63) is 94.3 Å². The summed E-state index contributed by atoms with van der Waals surface area (Å²) >= 11 is 5.86. The summed E-state index contributed by atoms with van der Waals surface area (Å²) in [4.78, 5) is 28.7. The number of pyridine rings is 1. The highest BCUT2D eigenvalue weighted by atomic mass is 35.5. The van der Waals surface area contributed by atoms with E-state index < -0.39 is 0 Å². The maximum absolute atomic E-state index is 12.3. The van der Waals surface area contributed by atoms with Gasteiger partial charge in [0, 0.05) is 35.7 Å². The first-order valence-corrected chi connectivity index (χ1v) is 10.5. The Hall–Kier alpha value is -3.38. The summed E-state index contributed by atoms with van der Waals surface area (Å²) in [6, 6.07) is 18.0. The fourth-order valence-corrected chi connectivity index (χ4v) is 3.04. The van der Waals surface area contributed by atoms with Gasteiger partial charge in [-0.15, -0.1) is 0 Å². The van der Waals surface area contributed by atoms with Crippen molar-refractivity contribution in [2.24, 2.45) is 0 Å². The predicted molar refractivity (Wildman–Crippen MR) is 123 cm³/mol. The molecule has 0 aliphatic carbocycles. The number of nitrogens with zero attached hydrogens (tertiary/aromatic N) is 1. The van der Waals surface area contributed by atoms with Crippen molar-refractivity contribution in [2.45, 2.75) is 32.9 Å². The topological polar surface area (TPSA) is 83.1 Å². The van der Waals surface area contributed by atoms with Crippen molar-refractivity contribution in [1.29, 1.82) is 0 Å². The van der Waals surface area contributed by atoms with Gasteiger partial charge in [0.15, 0.2) is 0 Å². The highest BCUT2D eigenvalue weighted by Crippen LogP contribution is 2.11. The van der Waals surface area contributed by atoms with Gasteiger partial charge in [0.05, 0.1) is 5.56 Å². The molecule has 7 heteroatoms. The van der Waals surface area contributed by atoms with Gasteiger partial charge in [-0.05, 0) is 53.9 Å². The van der Waals surface area contributed by atoms with Crippen molar-refractivity contribution in [3.63, 3.8) is 0 Å². The fraction of sp³-hybridized carbons (Fsp3) is 0.208. The van der Waals surface area contributed by atoms with E-state index in [1.807, 2.05) is 30.3 Å². The molecule has 3 amide bonds. The van der Waals surface area contributed by atoms with Crippen LogP contribution in [0.5, 0.6) is 0 Å². The number of carbonyl (C=O) groups excluding carboxylic acids is 2. The number of hydrogen-bond acceptors (Lipinski definition) is 3. The van der Waals surface area contributed by atoms with Crippen molar-refractivity contribution in [3.8, 4) is 0 Å². The van der Waals surface area contributed by atoms with Crippen molar-refractivity contribution in [1.82, 2.24) is 15.6 Å². The maximum atomic E-state index is 12.3. The summed E-state index contributed by atoms with van der Waals surface area (Å²) in [5, 5.41) is 9.12. The van der Waals surface area contributed by atoms with Crippen LogP contribution in [-0.2, 0) is 19.5 Å². The van der Waals surface area contributed by atoms with Crippen molar-refractivity contribution in [2.75, 3.05) is 5.32 Å². The maximum Gasteiger partial charge on any atom is 0.319 e. The SMILES string of the molecule is CCCc1ccc(C(=O)NCc2ccc(NC(=O)NCc3ccc(Cl)cc3)cc2)cn1. The number of nitrogens with one attached hydrogen (secondary N) is 3. The minimum absolute atomic E-state index is 0.167. The Morgan fingerprint density at radius 1 is 0.871 bits per heavy atom. The van der Waals surface area contributed by atoms with E-state index in [1.54, 1.807) is 36.5 Å². The Bertz CT molecular complexity index is 1000. The van der Waals surface area contributed by atoms with E-state index in [0.29, 0.717) is 29.4 Å². The quantitative estimate of drug-likeness (QED) is 0.467. The first-order valence-electron chi connectivity index (χ1n) is 10.1. The third kappa shape index (κ3) is 7.12. The Balaban J connectivity index is 1.44. The van der Waals surface area contributed by atoms with Crippen LogP contribution in [0.15, 0.2) is 66.9 Å². The summed E-state index contributed by atoms with van der Waals surface area (Å²) < 4.78 is 0. The number of hydrogen-bond donors (Lipinski definition) is 3. The van der Waals surface area contributed by atoms with Crippen LogP contribution in [0.1, 0.15) is 40.5 Å². The number of aromatic nitrogens is 1. The third-order valence-corrected chi connectivity index (χ3v) is 4.88. The zero-order valence-corrected chi connectivity index (χ0v) is 18.1. The fourth-order valence-electron chi connectivity index (χ4n) is 2.91. The van der Waals surface area contributed by atoms with Crippen LogP contribution in [0.2, 0.25) is 5.02 Å². The third-order valence-electron chi connectivity index (χ3n) is 4.62. The molecule has 3 aromatic rings. The van der Waals surface area contributed by atoms with Gasteiger partial charge >= 0.3 is 6.03 Å². The van der Waals surface area contributed by atoms with E-state index in [9.17, 15) is 9.59 Å². The number of amides is 3. The van der Waals surface area contributed by atoms with Gasteiger partial charge in [-0.1, -0.05) is 49.2 Å². The molecular weight excluding hydrogens is 412 g/mol. The molecule has 0 atom stereocenters. The van der Waals surface area contributed by atoms with Gasteiger partial charge in [-0.25, -0.2) is 4.79 Å². The number of rotatable bonds is 8. The molecule has 6 nitrogen and oxygen atoms in total. The number of benzene rings is 2. The zero-order chi connectivity index (χ0) is 22.1. The lowest BCUT2D eigenvalue weighted by molar-refractivity contribution is 0.0950. The molecule has 160 valence electrons. The summed E-state index contributed by atoms with van der Waals surface area (Å²) in [5.41, 5.74) is 4.08. The van der Waals surface area contributed by atoms with E-state index in [0.717, 1.165) is 29.7 Å². The van der Waals surface area contributed by atoms with E-state index in [4.69, 9.17) is 11.6 Å². The van der Waals surface area contributed by atoms with Gasteiger partial charge in [0.1, 0.15) is 0 Å². The number of anilines is 1. The summed E-state index contributed by atoms with van der Waals surface area (Å²) in [6.07, 6.45) is 3.53. The molecule has 3 N–H and O–H groups in total. The highest BCUT2D eigenvalue weighted by molar-refractivity contribution is 6.30. The second-order valence-electron chi connectivity index (χ2n) is 7.10. The van der Waals surface area contributed by atoms with E-state index in [1.165, 1.54) is 0 Å². The normalized spacial score (nSPS) is 10.4. The average molecular weight is 437 g/mol. The lowest BCUT2D eigenvalue weighted by atomic mass is 10.1. The molecule has 31 heavy (non-hydrogen) atoms. The van der Waals surface area contributed by atoms with E-state index >= 15 is 0 Å². The molecule has 0 bridgehead atoms. The van der Waals surface area contributed by atoms with Crippen LogP contribution in [0.25, 0.3) is 0 Å². The highest BCUT2D eigenvalue weighted by Gasteiger charge is 2.07. The zero-order valence-electron chi connectivity index (χ0n) is 17.3. The number of carbonyl (C=O) groups is 2. The first kappa shape index (κ1) is 22.3. The van der Waals surface area contributed by atoms with Crippen LogP contribution in [0.3, 0.4) is 0 Å². The summed E-state index contributed by atoms with van der Waals surface area (Å²) in [7, 11) is 0. The lowest BCUT2D eigenvalue weighted by Gasteiger charge is -2.09. The minimum Gasteiger partial charge on any atom is -0.348 e. The molecule has 0 radical (unpaired) electrons. The van der Waals surface area contributed by atoms with Gasteiger partial charge in [0.25, 0.3) is 5.91 Å². The predicted octanol–water partition coefficient (Wildman–Crippen LogP) is 4.94. The van der Waals surface area contributed by atoms with E-state index in [-0.39, 0.29) is 11.9 Å². The Kier molecular flexibility index (Phi) is 8.01. The molecule has 0 saturated heterocycles. The molecule has 0 saturated carbocycles. The van der Waals surface area contributed by atoms with Crippen molar-refractivity contribution < 1.29 is 9.59 Å². The molecule has 3 rings (SSSR count). The number of halogens is 1. The molecule has 0 fully saturated rings. The van der Waals surface area contributed by atoms with Crippen molar-refractivity contribution >= 4 is 29.2 Å². The smallest absolute Gasteiger partial charge is 0.319 e. The first-order chi connectivity index (χ1) is 15.0. The molecule has 1 aromatic heterocycles. The molecule has 0 aliphatic heterocycles. The van der Waals surface area contributed by atoms with Crippen LogP contribution in [0.4, 0.5) is 10.5 Å². The van der Waals surface area contributed by atoms with Gasteiger partial charge in [0.2, 0.25) is 0 Å². The Labute approximate surface area is 187 Å². The molecule has 0 spiro atoms. The second-order valence-corrected chi connectivity index (χ2v) is 7.54. The largest absolute Gasteiger partial charge is 0.348 e. The Morgan fingerprint density at radius 3 is 2.13 bits per heavy atom. The van der Waals surface area contributed by atoms with Crippen LogP contribution in [-0.4, -0.2) is 16.9 Å². The lowest BCUT2D eigenvalue weighted by Crippen LogP contribution is -2.28. The standard InChI is InChI=1S/C24H25ClN4O2/c1-2-3-21-13-8-19(16-26-21)23(30)27-14-18-6-11-22(12-7-18)29-24(31)28-15-17-4-9-20(25)10-5-17/h4-13,16H,2-3,14-15H2,1H3,(H,27,30)(H2,28,29,31). The molecule has 0 aliphatic rings. The molecule has 2 aromatic carbocycles. The van der Waals surface area contributed by atoms with Crippen LogP contribution in [0, 0.1) is 0 Å². The number of aryl methyl sites for hydroxylation is 1. The molecular formula is C24H25ClN4O2. The summed E-state index contributed by atoms with van der Waals surface area (Å²) in [6.45, 7) is 2.89. The number of urea groups is 1. The van der Waals surface area contributed by atoms with Gasteiger partial charge in [-0.2, -0.15) is 0 Å². The van der Waals surface area contributed by atoms with Crippen LogP contribution >= 0.6 is 11.6 Å². The second kappa shape index (κ2) is 11.1. The Morgan fingerprint density at radius 2 is 1.52 bits per heavy atom. The average Bonchev–Trinajstić information content (AvgIpc) is 2.79. The van der Waals surface area contributed by atoms with Crippen LogP contribution < -0.4 is 16.0 Å².